The molecule has 3 atom stereocenters. The molecule has 1 aliphatic heterocycles. The number of hydrogen-bond acceptors (Lipinski definition) is 5. The Balaban J connectivity index is 1.87. The van der Waals surface area contributed by atoms with Gasteiger partial charge in [0, 0.05) is 39.6 Å². The molecular weight excluding hydrogens is 460 g/mol. The molecule has 0 saturated carbocycles. The number of carbonyl (C=O) groups is 3. The van der Waals surface area contributed by atoms with E-state index >= 15 is 0 Å². The van der Waals surface area contributed by atoms with Crippen LogP contribution < -0.4 is 10.6 Å². The molecule has 0 bridgehead atoms. The lowest BCUT2D eigenvalue weighted by atomic mass is 10.0. The van der Waals surface area contributed by atoms with Crippen molar-refractivity contribution in [2.75, 3.05) is 26.7 Å². The van der Waals surface area contributed by atoms with Crippen molar-refractivity contribution in [1.82, 2.24) is 20.4 Å². The minimum absolute atomic E-state index is 0.221. The Labute approximate surface area is 213 Å². The molecule has 0 spiro atoms. The molecule has 0 aliphatic carbocycles. The van der Waals surface area contributed by atoms with Crippen molar-refractivity contribution in [1.29, 1.82) is 0 Å². The summed E-state index contributed by atoms with van der Waals surface area (Å²) in [6, 6.07) is 18.3. The Morgan fingerprint density at radius 2 is 1.63 bits per heavy atom. The van der Waals surface area contributed by atoms with Crippen LogP contribution in [0.5, 0.6) is 0 Å². The first-order valence-corrected chi connectivity index (χ1v) is 12.7. The summed E-state index contributed by atoms with van der Waals surface area (Å²) in [5.41, 5.74) is 2.10. The van der Waals surface area contributed by atoms with Crippen LogP contribution in [-0.2, 0) is 27.3 Å². The number of hydrogen-bond donors (Lipinski definition) is 3. The third-order valence-corrected chi connectivity index (χ3v) is 6.80. The van der Waals surface area contributed by atoms with E-state index in [2.05, 4.69) is 28.2 Å². The Hall–Kier alpha value is -2.84. The Kier molecular flexibility index (Phi) is 10.2. The van der Waals surface area contributed by atoms with Gasteiger partial charge in [-0.1, -0.05) is 74.0 Å². The maximum absolute atomic E-state index is 13.8. The van der Waals surface area contributed by atoms with Gasteiger partial charge in [-0.25, -0.2) is 0 Å². The highest BCUT2D eigenvalue weighted by Gasteiger charge is 2.38. The number of likely N-dealkylation sites (N-methyl/N-ethyl adjacent to an activating group) is 1. The molecule has 8 heteroatoms. The van der Waals surface area contributed by atoms with Crippen LogP contribution in [0.1, 0.15) is 30.9 Å². The predicted octanol–water partition coefficient (Wildman–Crippen LogP) is 2.27. The van der Waals surface area contributed by atoms with Gasteiger partial charge in [-0.3, -0.25) is 19.3 Å². The van der Waals surface area contributed by atoms with Crippen LogP contribution in [0.4, 0.5) is 0 Å². The highest BCUT2D eigenvalue weighted by Crippen LogP contribution is 2.17. The van der Waals surface area contributed by atoms with Gasteiger partial charge in [-0.15, -0.1) is 0 Å². The van der Waals surface area contributed by atoms with E-state index in [-0.39, 0.29) is 17.7 Å². The first-order valence-electron chi connectivity index (χ1n) is 12.2. The summed E-state index contributed by atoms with van der Waals surface area (Å²) in [6.07, 6.45) is 1.85. The molecule has 0 unspecified atom stereocenters. The summed E-state index contributed by atoms with van der Waals surface area (Å²) in [5.74, 6) is -0.716. The third-order valence-electron chi connectivity index (χ3n) is 6.31. The van der Waals surface area contributed by atoms with Gasteiger partial charge in [0.1, 0.15) is 12.1 Å². The lowest BCUT2D eigenvalue weighted by Gasteiger charge is -2.31. The van der Waals surface area contributed by atoms with E-state index in [0.29, 0.717) is 39.0 Å². The number of nitrogens with one attached hydrogen (secondary N) is 2. The second kappa shape index (κ2) is 13.3. The monoisotopic (exact) mass is 496 g/mol. The standard InChI is InChI=1S/C27H36N4O3S/c1-3-10-24(35)26(33)29-22-19-30(18-21-13-8-5-9-14-21)15-16-31(27(22)34)23(25(32)28-2)17-20-11-6-4-7-12-20/h4-9,11-14,22-24,35H,3,10,15-19H2,1-2H3,(H,28,32)(H,29,33)/t22-,23-,24-/m0/s1. The number of carbonyl (C=O) groups excluding carboxylic acids is 3. The molecule has 2 N–H and O–H groups in total. The van der Waals surface area contributed by atoms with Crippen LogP contribution >= 0.6 is 12.6 Å². The average Bonchev–Trinajstić information content (AvgIpc) is 3.02. The predicted molar refractivity (Wildman–Crippen MR) is 141 cm³/mol. The van der Waals surface area contributed by atoms with Crippen LogP contribution in [-0.4, -0.2) is 71.5 Å². The van der Waals surface area contributed by atoms with E-state index in [1.807, 2.05) is 67.6 Å². The van der Waals surface area contributed by atoms with Crippen LogP contribution in [0, 0.1) is 0 Å². The second-order valence-electron chi connectivity index (χ2n) is 8.94. The Morgan fingerprint density at radius 1 is 1.00 bits per heavy atom. The van der Waals surface area contributed by atoms with Crippen molar-refractivity contribution < 1.29 is 14.4 Å². The summed E-state index contributed by atoms with van der Waals surface area (Å²) in [5, 5.41) is 5.17. The zero-order valence-electron chi connectivity index (χ0n) is 20.5. The zero-order valence-corrected chi connectivity index (χ0v) is 21.4. The molecule has 1 fully saturated rings. The molecule has 1 aliphatic rings. The van der Waals surface area contributed by atoms with Gasteiger partial charge < -0.3 is 15.5 Å². The molecule has 7 nitrogen and oxygen atoms in total. The van der Waals surface area contributed by atoms with Crippen molar-refractivity contribution in [3.8, 4) is 0 Å². The lowest BCUT2D eigenvalue weighted by molar-refractivity contribution is -0.142. The summed E-state index contributed by atoms with van der Waals surface area (Å²) < 4.78 is 0. The molecule has 3 rings (SSSR count). The van der Waals surface area contributed by atoms with Crippen molar-refractivity contribution in [3.63, 3.8) is 0 Å². The largest absolute Gasteiger partial charge is 0.357 e. The van der Waals surface area contributed by atoms with Crippen molar-refractivity contribution >= 4 is 30.4 Å². The van der Waals surface area contributed by atoms with Gasteiger partial charge in [0.15, 0.2) is 0 Å². The minimum atomic E-state index is -0.761. The maximum atomic E-state index is 13.8. The van der Waals surface area contributed by atoms with E-state index < -0.39 is 17.3 Å². The highest BCUT2D eigenvalue weighted by molar-refractivity contribution is 7.81. The van der Waals surface area contributed by atoms with Gasteiger partial charge in [0.05, 0.1) is 5.25 Å². The molecule has 35 heavy (non-hydrogen) atoms. The minimum Gasteiger partial charge on any atom is -0.357 e. The van der Waals surface area contributed by atoms with Gasteiger partial charge in [0.25, 0.3) is 0 Å². The van der Waals surface area contributed by atoms with E-state index in [9.17, 15) is 14.4 Å². The number of thiol groups is 1. The topological polar surface area (TPSA) is 81.8 Å². The second-order valence-corrected chi connectivity index (χ2v) is 9.56. The Bertz CT molecular complexity index is 973. The number of nitrogens with zero attached hydrogens (tertiary/aromatic N) is 2. The molecule has 0 aromatic heterocycles. The molecule has 2 aromatic rings. The fraction of sp³-hybridized carbons (Fsp3) is 0.444. The quantitative estimate of drug-likeness (QED) is 0.441. The number of rotatable bonds is 10. The first-order chi connectivity index (χ1) is 16.9. The normalized spacial score (nSPS) is 18.4. The highest BCUT2D eigenvalue weighted by atomic mass is 32.1. The first kappa shape index (κ1) is 26.8. The van der Waals surface area contributed by atoms with E-state index in [4.69, 9.17) is 0 Å². The van der Waals surface area contributed by atoms with Crippen LogP contribution in [0.15, 0.2) is 60.7 Å². The molecule has 188 valence electrons. The molecule has 1 heterocycles. The molecule has 2 aromatic carbocycles. The van der Waals surface area contributed by atoms with Gasteiger partial charge in [-0.2, -0.15) is 12.6 Å². The van der Waals surface area contributed by atoms with Crippen LogP contribution in [0.25, 0.3) is 0 Å². The fourth-order valence-corrected chi connectivity index (χ4v) is 4.74. The maximum Gasteiger partial charge on any atom is 0.247 e. The van der Waals surface area contributed by atoms with E-state index in [0.717, 1.165) is 17.5 Å². The van der Waals surface area contributed by atoms with Gasteiger partial charge in [-0.05, 0) is 17.5 Å². The lowest BCUT2D eigenvalue weighted by Crippen LogP contribution is -2.57. The average molecular weight is 497 g/mol. The Morgan fingerprint density at radius 3 is 2.23 bits per heavy atom. The van der Waals surface area contributed by atoms with E-state index in [1.165, 1.54) is 0 Å². The zero-order chi connectivity index (χ0) is 25.2. The number of benzene rings is 2. The van der Waals surface area contributed by atoms with Crippen LogP contribution in [0.2, 0.25) is 0 Å². The van der Waals surface area contributed by atoms with Crippen molar-refractivity contribution in [2.24, 2.45) is 0 Å². The number of amides is 3. The molecule has 0 radical (unpaired) electrons. The van der Waals surface area contributed by atoms with Crippen molar-refractivity contribution in [2.45, 2.75) is 50.1 Å². The van der Waals surface area contributed by atoms with Crippen molar-refractivity contribution in [3.05, 3.63) is 71.8 Å². The summed E-state index contributed by atoms with van der Waals surface area (Å²) >= 11 is 4.43. The summed E-state index contributed by atoms with van der Waals surface area (Å²) in [4.78, 5) is 43.4. The molecular formula is C27H36N4O3S. The van der Waals surface area contributed by atoms with E-state index in [1.54, 1.807) is 11.9 Å². The summed E-state index contributed by atoms with van der Waals surface area (Å²) in [7, 11) is 1.58. The smallest absolute Gasteiger partial charge is 0.247 e. The van der Waals surface area contributed by atoms with Gasteiger partial charge >= 0.3 is 0 Å². The fourth-order valence-electron chi connectivity index (χ4n) is 4.41. The van der Waals surface area contributed by atoms with Gasteiger partial charge in [0.2, 0.25) is 17.7 Å². The summed E-state index contributed by atoms with van der Waals surface area (Å²) in [6.45, 7) is 4.00. The van der Waals surface area contributed by atoms with Crippen LogP contribution in [0.3, 0.4) is 0 Å². The SMILES string of the molecule is CCC[C@H](S)C(=O)N[C@H]1CN(Cc2ccccc2)CCN([C@@H](Cc2ccccc2)C(=O)NC)C1=O. The third kappa shape index (κ3) is 7.57. The molecule has 1 saturated heterocycles. The molecule has 3 amide bonds.